The first-order chi connectivity index (χ1) is 9.20. The Balaban J connectivity index is 2.36. The van der Waals surface area contributed by atoms with Gasteiger partial charge in [0, 0.05) is 30.5 Å². The summed E-state index contributed by atoms with van der Waals surface area (Å²) in [7, 11) is 1.68. The van der Waals surface area contributed by atoms with Gasteiger partial charge in [0.25, 0.3) is 0 Å². The zero-order valence-electron chi connectivity index (χ0n) is 11.6. The van der Waals surface area contributed by atoms with Gasteiger partial charge in [0.05, 0.1) is 7.11 Å². The number of benzene rings is 1. The van der Waals surface area contributed by atoms with E-state index in [0.717, 1.165) is 23.4 Å². The van der Waals surface area contributed by atoms with Crippen molar-refractivity contribution < 1.29 is 4.74 Å². The first-order valence-corrected chi connectivity index (χ1v) is 6.36. The number of aromatic nitrogens is 2. The third kappa shape index (κ3) is 3.51. The predicted molar refractivity (Wildman–Crippen MR) is 76.0 cm³/mol. The summed E-state index contributed by atoms with van der Waals surface area (Å²) in [6.07, 6.45) is 5.19. The summed E-state index contributed by atoms with van der Waals surface area (Å²) >= 11 is 0. The smallest absolute Gasteiger partial charge is 0.119 e. The summed E-state index contributed by atoms with van der Waals surface area (Å²) in [5, 5.41) is 3.43. The second-order valence-corrected chi connectivity index (χ2v) is 4.69. The van der Waals surface area contributed by atoms with Crippen molar-refractivity contribution in [2.24, 2.45) is 0 Å². The minimum atomic E-state index is 0.436. The van der Waals surface area contributed by atoms with Gasteiger partial charge < -0.3 is 10.1 Å². The fourth-order valence-electron chi connectivity index (χ4n) is 1.88. The van der Waals surface area contributed by atoms with E-state index in [2.05, 4.69) is 41.3 Å². The van der Waals surface area contributed by atoms with Crippen LogP contribution in [0.4, 0.5) is 0 Å². The largest absolute Gasteiger partial charge is 0.497 e. The van der Waals surface area contributed by atoms with E-state index in [4.69, 9.17) is 4.74 Å². The Morgan fingerprint density at radius 2 is 1.95 bits per heavy atom. The van der Waals surface area contributed by atoms with E-state index < -0.39 is 0 Å². The third-order valence-corrected chi connectivity index (χ3v) is 2.88. The molecule has 100 valence electrons. The molecule has 0 aliphatic carbocycles. The van der Waals surface area contributed by atoms with E-state index in [1.807, 2.05) is 18.5 Å². The molecule has 2 rings (SSSR count). The fourth-order valence-corrected chi connectivity index (χ4v) is 1.88. The standard InChI is InChI=1S/C15H19N3O/c1-11(2)18-9-12-6-14(19-3)4-5-15(12)13-7-16-10-17-8-13/h4-8,10-11,18H,9H2,1-3H3. The van der Waals surface area contributed by atoms with Crippen LogP contribution in [0.3, 0.4) is 0 Å². The highest BCUT2D eigenvalue weighted by Crippen LogP contribution is 2.26. The molecular weight excluding hydrogens is 238 g/mol. The Bertz CT molecular complexity index is 526. The zero-order valence-corrected chi connectivity index (χ0v) is 11.6. The molecule has 1 aromatic heterocycles. The molecule has 2 aromatic rings. The lowest BCUT2D eigenvalue weighted by atomic mass is 10.0. The SMILES string of the molecule is COc1ccc(-c2cncnc2)c(CNC(C)C)c1. The molecule has 0 unspecified atom stereocenters. The highest BCUT2D eigenvalue weighted by molar-refractivity contribution is 5.66. The normalized spacial score (nSPS) is 10.7. The van der Waals surface area contributed by atoms with E-state index in [1.54, 1.807) is 13.4 Å². The van der Waals surface area contributed by atoms with Crippen LogP contribution in [-0.2, 0) is 6.54 Å². The first kappa shape index (κ1) is 13.5. The van der Waals surface area contributed by atoms with E-state index in [1.165, 1.54) is 5.56 Å². The second-order valence-electron chi connectivity index (χ2n) is 4.69. The first-order valence-electron chi connectivity index (χ1n) is 6.36. The molecule has 1 N–H and O–H groups in total. The van der Waals surface area contributed by atoms with Crippen LogP contribution in [0.15, 0.2) is 36.9 Å². The number of hydrogen-bond donors (Lipinski definition) is 1. The lowest BCUT2D eigenvalue weighted by Crippen LogP contribution is -2.22. The number of rotatable bonds is 5. The van der Waals surface area contributed by atoms with Crippen molar-refractivity contribution in [3.8, 4) is 16.9 Å². The Labute approximate surface area is 113 Å². The van der Waals surface area contributed by atoms with Gasteiger partial charge in [-0.15, -0.1) is 0 Å². The summed E-state index contributed by atoms with van der Waals surface area (Å²) in [5.74, 6) is 0.862. The monoisotopic (exact) mass is 257 g/mol. The zero-order chi connectivity index (χ0) is 13.7. The second kappa shape index (κ2) is 6.29. The minimum Gasteiger partial charge on any atom is -0.497 e. The van der Waals surface area contributed by atoms with Crippen LogP contribution in [0.2, 0.25) is 0 Å². The summed E-state index contributed by atoms with van der Waals surface area (Å²) in [4.78, 5) is 8.15. The summed E-state index contributed by atoms with van der Waals surface area (Å²) in [6, 6.07) is 6.50. The molecule has 0 saturated heterocycles. The molecule has 1 aromatic carbocycles. The van der Waals surface area contributed by atoms with Crippen molar-refractivity contribution in [1.82, 2.24) is 15.3 Å². The van der Waals surface area contributed by atoms with Crippen LogP contribution >= 0.6 is 0 Å². The number of ether oxygens (including phenoxy) is 1. The van der Waals surface area contributed by atoms with Crippen molar-refractivity contribution in [3.63, 3.8) is 0 Å². The van der Waals surface area contributed by atoms with Gasteiger partial charge in [0.2, 0.25) is 0 Å². The van der Waals surface area contributed by atoms with Crippen molar-refractivity contribution >= 4 is 0 Å². The molecule has 0 aliphatic rings. The molecule has 0 fully saturated rings. The molecule has 4 heteroatoms. The Kier molecular flexibility index (Phi) is 4.47. The minimum absolute atomic E-state index is 0.436. The van der Waals surface area contributed by atoms with Gasteiger partial charge in [-0.1, -0.05) is 19.9 Å². The van der Waals surface area contributed by atoms with Gasteiger partial charge in [0.15, 0.2) is 0 Å². The Morgan fingerprint density at radius 3 is 2.58 bits per heavy atom. The number of nitrogens with one attached hydrogen (secondary N) is 1. The quantitative estimate of drug-likeness (QED) is 0.894. The highest BCUT2D eigenvalue weighted by atomic mass is 16.5. The molecule has 0 amide bonds. The highest BCUT2D eigenvalue weighted by Gasteiger charge is 2.08. The molecule has 0 bridgehead atoms. The third-order valence-electron chi connectivity index (χ3n) is 2.88. The van der Waals surface area contributed by atoms with Crippen molar-refractivity contribution in [1.29, 1.82) is 0 Å². The molecule has 0 atom stereocenters. The van der Waals surface area contributed by atoms with Crippen molar-refractivity contribution in [2.75, 3.05) is 7.11 Å². The fraction of sp³-hybridized carbons (Fsp3) is 0.333. The molecule has 19 heavy (non-hydrogen) atoms. The van der Waals surface area contributed by atoms with Crippen LogP contribution in [0.5, 0.6) is 5.75 Å². The molecule has 0 spiro atoms. The lowest BCUT2D eigenvalue weighted by molar-refractivity contribution is 0.414. The van der Waals surface area contributed by atoms with E-state index in [9.17, 15) is 0 Å². The molecule has 0 radical (unpaired) electrons. The summed E-state index contributed by atoms with van der Waals surface area (Å²) < 4.78 is 5.29. The van der Waals surface area contributed by atoms with Gasteiger partial charge in [-0.2, -0.15) is 0 Å². The maximum atomic E-state index is 5.29. The van der Waals surface area contributed by atoms with Gasteiger partial charge in [-0.3, -0.25) is 0 Å². The lowest BCUT2D eigenvalue weighted by Gasteiger charge is -2.14. The van der Waals surface area contributed by atoms with Gasteiger partial charge in [-0.05, 0) is 23.3 Å². The maximum absolute atomic E-state index is 5.29. The van der Waals surface area contributed by atoms with Crippen LogP contribution in [0, 0.1) is 0 Å². The van der Waals surface area contributed by atoms with E-state index in [0.29, 0.717) is 6.04 Å². The number of nitrogens with zero attached hydrogens (tertiary/aromatic N) is 2. The Hall–Kier alpha value is -1.94. The van der Waals surface area contributed by atoms with Gasteiger partial charge in [0.1, 0.15) is 12.1 Å². The van der Waals surface area contributed by atoms with E-state index >= 15 is 0 Å². The van der Waals surface area contributed by atoms with E-state index in [-0.39, 0.29) is 0 Å². The molecule has 0 aliphatic heterocycles. The van der Waals surface area contributed by atoms with Crippen molar-refractivity contribution in [3.05, 3.63) is 42.5 Å². The summed E-state index contributed by atoms with van der Waals surface area (Å²) in [5.41, 5.74) is 3.34. The van der Waals surface area contributed by atoms with Gasteiger partial charge >= 0.3 is 0 Å². The Morgan fingerprint density at radius 1 is 1.21 bits per heavy atom. The average molecular weight is 257 g/mol. The van der Waals surface area contributed by atoms with Gasteiger partial charge in [-0.25, -0.2) is 9.97 Å². The molecular formula is C15H19N3O. The average Bonchev–Trinajstić information content (AvgIpc) is 2.45. The predicted octanol–water partition coefficient (Wildman–Crippen LogP) is 2.65. The molecule has 4 nitrogen and oxygen atoms in total. The number of hydrogen-bond acceptors (Lipinski definition) is 4. The van der Waals surface area contributed by atoms with Crippen molar-refractivity contribution in [2.45, 2.75) is 26.4 Å². The van der Waals surface area contributed by atoms with Crippen LogP contribution in [-0.4, -0.2) is 23.1 Å². The van der Waals surface area contributed by atoms with Crippen LogP contribution in [0.1, 0.15) is 19.4 Å². The van der Waals surface area contributed by atoms with Crippen LogP contribution < -0.4 is 10.1 Å². The number of methoxy groups -OCH3 is 1. The topological polar surface area (TPSA) is 47.0 Å². The maximum Gasteiger partial charge on any atom is 0.119 e. The molecule has 1 heterocycles. The van der Waals surface area contributed by atoms with Crippen LogP contribution in [0.25, 0.3) is 11.1 Å². The molecule has 0 saturated carbocycles. The summed E-state index contributed by atoms with van der Waals surface area (Å²) in [6.45, 7) is 5.05.